The van der Waals surface area contributed by atoms with Crippen molar-refractivity contribution in [1.29, 1.82) is 0 Å². The zero-order valence-corrected chi connectivity index (χ0v) is 10.9. The monoisotopic (exact) mass is 226 g/mol. The fourth-order valence-corrected chi connectivity index (χ4v) is 2.18. The Hall–Kier alpha value is -1.76. The molecule has 0 radical (unpaired) electrons. The van der Waals surface area contributed by atoms with Crippen molar-refractivity contribution in [2.75, 3.05) is 7.11 Å². The third-order valence-corrected chi connectivity index (χ3v) is 3.39. The van der Waals surface area contributed by atoms with Crippen LogP contribution in [0.25, 0.3) is 11.1 Å². The molecular weight excluding hydrogens is 208 g/mol. The predicted molar refractivity (Wildman–Crippen MR) is 72.6 cm³/mol. The fourth-order valence-electron chi connectivity index (χ4n) is 2.18. The highest BCUT2D eigenvalue weighted by molar-refractivity contribution is 5.72. The number of benzene rings is 2. The minimum Gasteiger partial charge on any atom is -0.496 e. The van der Waals surface area contributed by atoms with E-state index in [-0.39, 0.29) is 0 Å². The van der Waals surface area contributed by atoms with Crippen molar-refractivity contribution in [3.8, 4) is 16.9 Å². The topological polar surface area (TPSA) is 9.23 Å². The Kier molecular flexibility index (Phi) is 3.19. The molecule has 0 amide bonds. The molecule has 0 unspecified atom stereocenters. The van der Waals surface area contributed by atoms with Gasteiger partial charge in [-0.3, -0.25) is 0 Å². The zero-order chi connectivity index (χ0) is 12.4. The van der Waals surface area contributed by atoms with Gasteiger partial charge in [-0.25, -0.2) is 0 Å². The van der Waals surface area contributed by atoms with Gasteiger partial charge < -0.3 is 4.74 Å². The van der Waals surface area contributed by atoms with Crippen molar-refractivity contribution in [3.05, 3.63) is 53.1 Å². The predicted octanol–water partition coefficient (Wildman–Crippen LogP) is 4.29. The molecule has 0 atom stereocenters. The number of aryl methyl sites for hydroxylation is 1. The van der Waals surface area contributed by atoms with Gasteiger partial charge in [-0.15, -0.1) is 0 Å². The maximum atomic E-state index is 5.35. The molecule has 88 valence electrons. The van der Waals surface area contributed by atoms with Gasteiger partial charge in [0.1, 0.15) is 5.75 Å². The van der Waals surface area contributed by atoms with Crippen LogP contribution in [0.2, 0.25) is 0 Å². The maximum absolute atomic E-state index is 5.35. The second-order valence-electron chi connectivity index (χ2n) is 4.38. The van der Waals surface area contributed by atoms with Gasteiger partial charge in [0.2, 0.25) is 0 Å². The molecule has 1 nitrogen and oxygen atoms in total. The normalized spacial score (nSPS) is 10.4. The molecule has 0 spiro atoms. The Bertz CT molecular complexity index is 541. The molecule has 0 bridgehead atoms. The van der Waals surface area contributed by atoms with E-state index in [4.69, 9.17) is 4.74 Å². The van der Waals surface area contributed by atoms with Crippen molar-refractivity contribution in [2.24, 2.45) is 0 Å². The van der Waals surface area contributed by atoms with E-state index in [2.05, 4.69) is 51.1 Å². The van der Waals surface area contributed by atoms with Crippen LogP contribution < -0.4 is 4.74 Å². The standard InChI is InChI=1S/C16H18O/c1-11-7-5-6-8-14(11)15-9-10-16(17-4)13(3)12(15)2/h5-10H,1-4H3. The number of hydrogen-bond donors (Lipinski definition) is 0. The van der Waals surface area contributed by atoms with Gasteiger partial charge in [0.05, 0.1) is 7.11 Å². The van der Waals surface area contributed by atoms with Crippen LogP contribution in [0.5, 0.6) is 5.75 Å². The molecule has 0 aliphatic carbocycles. The third kappa shape index (κ3) is 2.05. The summed E-state index contributed by atoms with van der Waals surface area (Å²) in [5.41, 5.74) is 6.41. The Morgan fingerprint density at radius 3 is 2.12 bits per heavy atom. The summed E-state index contributed by atoms with van der Waals surface area (Å²) in [7, 11) is 1.72. The molecule has 0 N–H and O–H groups in total. The van der Waals surface area contributed by atoms with E-state index in [0.29, 0.717) is 0 Å². The summed E-state index contributed by atoms with van der Waals surface area (Å²) in [5.74, 6) is 0.958. The first-order valence-electron chi connectivity index (χ1n) is 5.85. The average molecular weight is 226 g/mol. The minimum atomic E-state index is 0.958. The van der Waals surface area contributed by atoms with Crippen molar-refractivity contribution in [2.45, 2.75) is 20.8 Å². The lowest BCUT2D eigenvalue weighted by atomic mass is 9.94. The highest BCUT2D eigenvalue weighted by atomic mass is 16.5. The Morgan fingerprint density at radius 2 is 1.47 bits per heavy atom. The maximum Gasteiger partial charge on any atom is 0.122 e. The molecule has 2 aromatic carbocycles. The summed E-state index contributed by atoms with van der Waals surface area (Å²) >= 11 is 0. The summed E-state index contributed by atoms with van der Waals surface area (Å²) in [6.07, 6.45) is 0. The van der Waals surface area contributed by atoms with Crippen molar-refractivity contribution < 1.29 is 4.74 Å². The van der Waals surface area contributed by atoms with Gasteiger partial charge in [-0.1, -0.05) is 30.3 Å². The quantitative estimate of drug-likeness (QED) is 0.742. The zero-order valence-electron chi connectivity index (χ0n) is 10.9. The van der Waals surface area contributed by atoms with E-state index >= 15 is 0 Å². The molecule has 2 aromatic rings. The average Bonchev–Trinajstić information content (AvgIpc) is 2.34. The van der Waals surface area contributed by atoms with E-state index in [9.17, 15) is 0 Å². The molecule has 2 rings (SSSR count). The third-order valence-electron chi connectivity index (χ3n) is 3.39. The highest BCUT2D eigenvalue weighted by Crippen LogP contribution is 2.32. The number of ether oxygens (including phenoxy) is 1. The van der Waals surface area contributed by atoms with E-state index in [1.54, 1.807) is 7.11 Å². The fraction of sp³-hybridized carbons (Fsp3) is 0.250. The van der Waals surface area contributed by atoms with Gasteiger partial charge >= 0.3 is 0 Å². The molecule has 0 aliphatic rings. The van der Waals surface area contributed by atoms with Gasteiger partial charge in [0.15, 0.2) is 0 Å². The highest BCUT2D eigenvalue weighted by Gasteiger charge is 2.09. The molecule has 0 saturated heterocycles. The summed E-state index contributed by atoms with van der Waals surface area (Å²) < 4.78 is 5.35. The van der Waals surface area contributed by atoms with Gasteiger partial charge in [0, 0.05) is 0 Å². The van der Waals surface area contributed by atoms with Gasteiger partial charge in [0.25, 0.3) is 0 Å². The van der Waals surface area contributed by atoms with Gasteiger partial charge in [-0.05, 0) is 54.7 Å². The van der Waals surface area contributed by atoms with E-state index in [1.165, 1.54) is 27.8 Å². The second kappa shape index (κ2) is 4.62. The summed E-state index contributed by atoms with van der Waals surface area (Å²) in [6.45, 7) is 6.41. The first-order valence-corrected chi connectivity index (χ1v) is 5.85. The van der Waals surface area contributed by atoms with Crippen LogP contribution >= 0.6 is 0 Å². The summed E-state index contributed by atoms with van der Waals surface area (Å²) in [4.78, 5) is 0. The van der Waals surface area contributed by atoms with Crippen LogP contribution in [-0.2, 0) is 0 Å². The van der Waals surface area contributed by atoms with Crippen LogP contribution in [0.15, 0.2) is 36.4 Å². The van der Waals surface area contributed by atoms with E-state index in [0.717, 1.165) is 5.75 Å². The molecule has 0 aliphatic heterocycles. The summed E-state index contributed by atoms with van der Waals surface area (Å²) in [5, 5.41) is 0. The van der Waals surface area contributed by atoms with Crippen LogP contribution in [0, 0.1) is 20.8 Å². The number of hydrogen-bond acceptors (Lipinski definition) is 1. The van der Waals surface area contributed by atoms with Crippen molar-refractivity contribution >= 4 is 0 Å². The van der Waals surface area contributed by atoms with Gasteiger partial charge in [-0.2, -0.15) is 0 Å². The van der Waals surface area contributed by atoms with E-state index < -0.39 is 0 Å². The van der Waals surface area contributed by atoms with E-state index in [1.807, 2.05) is 6.07 Å². The molecule has 0 heterocycles. The van der Waals surface area contributed by atoms with Crippen LogP contribution in [0.4, 0.5) is 0 Å². The first-order chi connectivity index (χ1) is 8.15. The lowest BCUT2D eigenvalue weighted by molar-refractivity contribution is 0.411. The molecule has 0 saturated carbocycles. The number of methoxy groups -OCH3 is 1. The largest absolute Gasteiger partial charge is 0.496 e. The smallest absolute Gasteiger partial charge is 0.122 e. The lowest BCUT2D eigenvalue weighted by Crippen LogP contribution is -1.94. The van der Waals surface area contributed by atoms with Crippen LogP contribution in [-0.4, -0.2) is 7.11 Å². The van der Waals surface area contributed by atoms with Crippen LogP contribution in [0.1, 0.15) is 16.7 Å². The summed E-state index contributed by atoms with van der Waals surface area (Å²) in [6, 6.07) is 12.7. The SMILES string of the molecule is COc1ccc(-c2ccccc2C)c(C)c1C. The van der Waals surface area contributed by atoms with Crippen LogP contribution in [0.3, 0.4) is 0 Å². The Morgan fingerprint density at radius 1 is 0.765 bits per heavy atom. The molecule has 0 fully saturated rings. The Labute approximate surface area is 103 Å². The molecular formula is C16H18O. The Balaban J connectivity index is 2.62. The molecule has 17 heavy (non-hydrogen) atoms. The lowest BCUT2D eigenvalue weighted by Gasteiger charge is -2.14. The first kappa shape index (κ1) is 11.7. The minimum absolute atomic E-state index is 0.958. The second-order valence-corrected chi connectivity index (χ2v) is 4.38. The molecule has 0 aromatic heterocycles. The number of rotatable bonds is 2. The molecule has 1 heteroatoms. The van der Waals surface area contributed by atoms with Crippen molar-refractivity contribution in [3.63, 3.8) is 0 Å². The van der Waals surface area contributed by atoms with Crippen molar-refractivity contribution in [1.82, 2.24) is 0 Å².